The number of benzene rings is 1. The number of hydrogen-bond acceptors (Lipinski definition) is 3. The fourth-order valence-corrected chi connectivity index (χ4v) is 1.91. The molecular formula is C16H18FNO3. The Labute approximate surface area is 122 Å². The Bertz CT molecular complexity index is 650. The maximum absolute atomic E-state index is 12.9. The molecule has 0 amide bonds. The van der Waals surface area contributed by atoms with Crippen molar-refractivity contribution in [3.05, 3.63) is 58.3 Å². The standard InChI is InChI=1S/C16H18FNO3/c1-2-3-8-21-15-11-18(10-14(19)16(15)20)9-12-4-6-13(17)7-5-12/h4-7,10-11,19H,2-3,8-9H2,1H3. The van der Waals surface area contributed by atoms with Crippen LogP contribution in [0, 0.1) is 5.82 Å². The molecule has 5 heteroatoms. The van der Waals surface area contributed by atoms with E-state index in [0.29, 0.717) is 13.2 Å². The molecule has 0 fully saturated rings. The third kappa shape index (κ3) is 4.08. The number of unbranched alkanes of at least 4 members (excludes halogenated alkanes) is 1. The summed E-state index contributed by atoms with van der Waals surface area (Å²) in [6.45, 7) is 2.88. The van der Waals surface area contributed by atoms with Gasteiger partial charge >= 0.3 is 0 Å². The van der Waals surface area contributed by atoms with Crippen molar-refractivity contribution in [1.82, 2.24) is 4.57 Å². The smallest absolute Gasteiger partial charge is 0.264 e. The summed E-state index contributed by atoms with van der Waals surface area (Å²) in [4.78, 5) is 11.8. The third-order valence-electron chi connectivity index (χ3n) is 3.06. The molecule has 0 saturated heterocycles. The Kier molecular flexibility index (Phi) is 4.98. The minimum absolute atomic E-state index is 0.130. The first-order valence-electron chi connectivity index (χ1n) is 6.90. The van der Waals surface area contributed by atoms with Crippen molar-refractivity contribution < 1.29 is 14.2 Å². The maximum Gasteiger partial charge on any atom is 0.264 e. The summed E-state index contributed by atoms with van der Waals surface area (Å²) in [5.41, 5.74) is 0.348. The van der Waals surface area contributed by atoms with Crippen molar-refractivity contribution in [3.8, 4) is 11.5 Å². The molecule has 0 saturated carbocycles. The molecule has 0 aliphatic carbocycles. The first-order chi connectivity index (χ1) is 10.1. The van der Waals surface area contributed by atoms with Gasteiger partial charge in [0.1, 0.15) is 5.82 Å². The lowest BCUT2D eigenvalue weighted by Crippen LogP contribution is -2.13. The molecule has 0 radical (unpaired) electrons. The van der Waals surface area contributed by atoms with E-state index in [4.69, 9.17) is 4.74 Å². The van der Waals surface area contributed by atoms with E-state index in [1.807, 2.05) is 6.92 Å². The monoisotopic (exact) mass is 291 g/mol. The Morgan fingerprint density at radius 2 is 1.95 bits per heavy atom. The number of ether oxygens (including phenoxy) is 1. The van der Waals surface area contributed by atoms with Crippen LogP contribution in [0.1, 0.15) is 25.3 Å². The second-order valence-corrected chi connectivity index (χ2v) is 4.84. The van der Waals surface area contributed by atoms with Gasteiger partial charge in [-0.25, -0.2) is 4.39 Å². The molecule has 0 aliphatic heterocycles. The highest BCUT2D eigenvalue weighted by molar-refractivity contribution is 5.29. The molecule has 0 atom stereocenters. The lowest BCUT2D eigenvalue weighted by atomic mass is 10.2. The molecule has 1 N–H and O–H groups in total. The van der Waals surface area contributed by atoms with Crippen LogP contribution >= 0.6 is 0 Å². The zero-order chi connectivity index (χ0) is 15.2. The lowest BCUT2D eigenvalue weighted by molar-refractivity contribution is 0.301. The molecule has 0 unspecified atom stereocenters. The van der Waals surface area contributed by atoms with E-state index in [1.54, 1.807) is 22.9 Å². The maximum atomic E-state index is 12.9. The summed E-state index contributed by atoms with van der Waals surface area (Å²) in [5.74, 6) is -0.526. The van der Waals surface area contributed by atoms with Crippen LogP contribution in [0.5, 0.6) is 11.5 Å². The summed E-state index contributed by atoms with van der Waals surface area (Å²) in [5, 5.41) is 9.69. The van der Waals surface area contributed by atoms with E-state index < -0.39 is 5.43 Å². The minimum atomic E-state index is -0.513. The van der Waals surface area contributed by atoms with Crippen LogP contribution in [0.4, 0.5) is 4.39 Å². The first-order valence-corrected chi connectivity index (χ1v) is 6.90. The fourth-order valence-electron chi connectivity index (χ4n) is 1.91. The topological polar surface area (TPSA) is 51.5 Å². The van der Waals surface area contributed by atoms with E-state index >= 15 is 0 Å². The number of hydrogen-bond donors (Lipinski definition) is 1. The normalized spacial score (nSPS) is 10.6. The molecule has 1 aromatic heterocycles. The molecule has 4 nitrogen and oxygen atoms in total. The van der Waals surface area contributed by atoms with Gasteiger partial charge in [0, 0.05) is 6.54 Å². The zero-order valence-corrected chi connectivity index (χ0v) is 11.9. The van der Waals surface area contributed by atoms with Gasteiger partial charge < -0.3 is 14.4 Å². The van der Waals surface area contributed by atoms with Gasteiger partial charge in [-0.15, -0.1) is 0 Å². The Balaban J connectivity index is 2.19. The highest BCUT2D eigenvalue weighted by Gasteiger charge is 2.08. The van der Waals surface area contributed by atoms with Crippen molar-refractivity contribution in [1.29, 1.82) is 0 Å². The van der Waals surface area contributed by atoms with Crippen LogP contribution in [-0.4, -0.2) is 16.3 Å². The van der Waals surface area contributed by atoms with Crippen molar-refractivity contribution >= 4 is 0 Å². The van der Waals surface area contributed by atoms with E-state index in [-0.39, 0.29) is 17.3 Å². The predicted molar refractivity (Wildman–Crippen MR) is 78.3 cm³/mol. The summed E-state index contributed by atoms with van der Waals surface area (Å²) >= 11 is 0. The minimum Gasteiger partial charge on any atom is -0.503 e. The molecule has 0 bridgehead atoms. The molecular weight excluding hydrogens is 273 g/mol. The summed E-state index contributed by atoms with van der Waals surface area (Å²) in [7, 11) is 0. The van der Waals surface area contributed by atoms with Crippen LogP contribution in [-0.2, 0) is 6.54 Å². The number of rotatable bonds is 6. The first kappa shape index (κ1) is 15.1. The fraction of sp³-hybridized carbons (Fsp3) is 0.312. The van der Waals surface area contributed by atoms with Crippen molar-refractivity contribution in [2.45, 2.75) is 26.3 Å². The van der Waals surface area contributed by atoms with Crippen LogP contribution in [0.3, 0.4) is 0 Å². The van der Waals surface area contributed by atoms with Gasteiger partial charge in [-0.05, 0) is 24.1 Å². The Morgan fingerprint density at radius 3 is 2.62 bits per heavy atom. The zero-order valence-electron chi connectivity index (χ0n) is 11.9. The molecule has 0 aliphatic rings. The quantitative estimate of drug-likeness (QED) is 0.833. The summed E-state index contributed by atoms with van der Waals surface area (Å²) in [6.07, 6.45) is 4.70. The number of aromatic nitrogens is 1. The number of pyridine rings is 1. The molecule has 2 aromatic rings. The highest BCUT2D eigenvalue weighted by atomic mass is 19.1. The third-order valence-corrected chi connectivity index (χ3v) is 3.06. The largest absolute Gasteiger partial charge is 0.503 e. The molecule has 1 aromatic carbocycles. The van der Waals surface area contributed by atoms with Crippen LogP contribution < -0.4 is 10.2 Å². The van der Waals surface area contributed by atoms with Crippen LogP contribution in [0.15, 0.2) is 41.5 Å². The molecule has 21 heavy (non-hydrogen) atoms. The van der Waals surface area contributed by atoms with E-state index in [1.165, 1.54) is 18.3 Å². The second-order valence-electron chi connectivity index (χ2n) is 4.84. The Hall–Kier alpha value is -2.30. The Morgan fingerprint density at radius 1 is 1.24 bits per heavy atom. The summed E-state index contributed by atoms with van der Waals surface area (Å²) < 4.78 is 19.9. The predicted octanol–water partition coefficient (Wildman–Crippen LogP) is 2.92. The number of nitrogens with zero attached hydrogens (tertiary/aromatic N) is 1. The van der Waals surface area contributed by atoms with Gasteiger partial charge in [-0.1, -0.05) is 25.5 Å². The molecule has 0 spiro atoms. The van der Waals surface area contributed by atoms with Crippen molar-refractivity contribution in [2.24, 2.45) is 0 Å². The summed E-state index contributed by atoms with van der Waals surface area (Å²) in [6, 6.07) is 6.05. The van der Waals surface area contributed by atoms with Crippen LogP contribution in [0.2, 0.25) is 0 Å². The molecule has 112 valence electrons. The number of halogens is 1. The second kappa shape index (κ2) is 6.92. The average molecular weight is 291 g/mol. The van der Waals surface area contributed by atoms with Gasteiger partial charge in [-0.3, -0.25) is 4.79 Å². The average Bonchev–Trinajstić information content (AvgIpc) is 2.46. The number of aromatic hydroxyl groups is 1. The molecule has 1 heterocycles. The van der Waals surface area contributed by atoms with Crippen molar-refractivity contribution in [3.63, 3.8) is 0 Å². The highest BCUT2D eigenvalue weighted by Crippen LogP contribution is 2.13. The van der Waals surface area contributed by atoms with Gasteiger partial charge in [-0.2, -0.15) is 0 Å². The van der Waals surface area contributed by atoms with Crippen molar-refractivity contribution in [2.75, 3.05) is 6.61 Å². The van der Waals surface area contributed by atoms with E-state index in [0.717, 1.165) is 18.4 Å². The van der Waals surface area contributed by atoms with Gasteiger partial charge in [0.2, 0.25) is 0 Å². The van der Waals surface area contributed by atoms with Gasteiger partial charge in [0.25, 0.3) is 5.43 Å². The van der Waals surface area contributed by atoms with Gasteiger partial charge in [0.05, 0.1) is 19.0 Å². The molecule has 2 rings (SSSR count). The van der Waals surface area contributed by atoms with Gasteiger partial charge in [0.15, 0.2) is 11.5 Å². The van der Waals surface area contributed by atoms with Crippen LogP contribution in [0.25, 0.3) is 0 Å². The van der Waals surface area contributed by atoms with E-state index in [9.17, 15) is 14.3 Å². The lowest BCUT2D eigenvalue weighted by Gasteiger charge is -2.11. The van der Waals surface area contributed by atoms with E-state index in [2.05, 4.69) is 0 Å². The SMILES string of the molecule is CCCCOc1cn(Cc2ccc(F)cc2)cc(O)c1=O.